The van der Waals surface area contributed by atoms with Gasteiger partial charge in [0.2, 0.25) is 0 Å². The van der Waals surface area contributed by atoms with Crippen LogP contribution in [0.25, 0.3) is 0 Å². The predicted octanol–water partition coefficient (Wildman–Crippen LogP) is 2.76. The van der Waals surface area contributed by atoms with Gasteiger partial charge in [0.1, 0.15) is 0 Å². The van der Waals surface area contributed by atoms with Gasteiger partial charge in [-0.15, -0.1) is 0 Å². The molecule has 0 spiro atoms. The third-order valence-electron chi connectivity index (χ3n) is 2.82. The SMILES string of the molecule is Cc1ccccc1CCc1ncccc1N. The molecule has 0 saturated carbocycles. The van der Waals surface area contributed by atoms with E-state index in [-0.39, 0.29) is 0 Å². The second kappa shape index (κ2) is 4.79. The second-order valence-electron chi connectivity index (χ2n) is 3.97. The van der Waals surface area contributed by atoms with Crippen molar-refractivity contribution in [2.75, 3.05) is 5.73 Å². The Morgan fingerprint density at radius 1 is 1.06 bits per heavy atom. The monoisotopic (exact) mass is 212 g/mol. The molecule has 1 aromatic heterocycles. The van der Waals surface area contributed by atoms with Crippen molar-refractivity contribution in [1.29, 1.82) is 0 Å². The molecule has 1 heterocycles. The molecule has 0 aliphatic carbocycles. The maximum Gasteiger partial charge on any atom is 0.0635 e. The summed E-state index contributed by atoms with van der Waals surface area (Å²) in [4.78, 5) is 4.30. The Kier molecular flexibility index (Phi) is 3.20. The predicted molar refractivity (Wildman–Crippen MR) is 67.2 cm³/mol. The lowest BCUT2D eigenvalue weighted by Crippen LogP contribution is -2.00. The molecule has 0 saturated heterocycles. The molecule has 2 nitrogen and oxygen atoms in total. The van der Waals surface area contributed by atoms with Gasteiger partial charge in [-0.2, -0.15) is 0 Å². The van der Waals surface area contributed by atoms with Crippen molar-refractivity contribution < 1.29 is 0 Å². The Bertz CT molecular complexity index is 432. The average molecular weight is 212 g/mol. The molecular formula is C14H16N2. The average Bonchev–Trinajstić information content (AvgIpc) is 2.30. The summed E-state index contributed by atoms with van der Waals surface area (Å²) in [6.07, 6.45) is 3.69. The van der Waals surface area contributed by atoms with Gasteiger partial charge in [0.25, 0.3) is 0 Å². The molecule has 2 rings (SSSR count). The summed E-state index contributed by atoms with van der Waals surface area (Å²) < 4.78 is 0. The molecule has 0 radical (unpaired) electrons. The number of hydrogen-bond acceptors (Lipinski definition) is 2. The van der Waals surface area contributed by atoms with Crippen LogP contribution in [0.1, 0.15) is 16.8 Å². The molecule has 2 aromatic rings. The van der Waals surface area contributed by atoms with Crippen LogP contribution in [0, 0.1) is 6.92 Å². The molecule has 0 amide bonds. The van der Waals surface area contributed by atoms with Gasteiger partial charge in [-0.05, 0) is 43.0 Å². The van der Waals surface area contributed by atoms with E-state index in [0.29, 0.717) is 0 Å². The van der Waals surface area contributed by atoms with E-state index in [1.807, 2.05) is 12.1 Å². The van der Waals surface area contributed by atoms with E-state index >= 15 is 0 Å². The molecule has 1 aromatic carbocycles. The van der Waals surface area contributed by atoms with Crippen molar-refractivity contribution in [1.82, 2.24) is 4.98 Å². The van der Waals surface area contributed by atoms with Crippen molar-refractivity contribution in [3.8, 4) is 0 Å². The highest BCUT2D eigenvalue weighted by atomic mass is 14.7. The molecule has 0 aliphatic rings. The number of rotatable bonds is 3. The van der Waals surface area contributed by atoms with E-state index in [0.717, 1.165) is 24.2 Å². The number of nitrogens with zero attached hydrogens (tertiary/aromatic N) is 1. The van der Waals surface area contributed by atoms with Gasteiger partial charge in [0.15, 0.2) is 0 Å². The molecule has 0 unspecified atom stereocenters. The molecule has 0 bridgehead atoms. The third-order valence-corrected chi connectivity index (χ3v) is 2.82. The van der Waals surface area contributed by atoms with Crippen LogP contribution in [-0.4, -0.2) is 4.98 Å². The number of nitrogen functional groups attached to an aromatic ring is 1. The summed E-state index contributed by atoms with van der Waals surface area (Å²) >= 11 is 0. The molecule has 82 valence electrons. The number of anilines is 1. The van der Waals surface area contributed by atoms with Gasteiger partial charge in [-0.25, -0.2) is 0 Å². The number of aryl methyl sites for hydroxylation is 3. The van der Waals surface area contributed by atoms with Crippen molar-refractivity contribution in [3.05, 3.63) is 59.4 Å². The normalized spacial score (nSPS) is 10.3. The minimum Gasteiger partial charge on any atom is -0.397 e. The minimum absolute atomic E-state index is 0.788. The third kappa shape index (κ3) is 2.40. The summed E-state index contributed by atoms with van der Waals surface area (Å²) in [6, 6.07) is 12.2. The maximum atomic E-state index is 5.86. The fraction of sp³-hybridized carbons (Fsp3) is 0.214. The topological polar surface area (TPSA) is 38.9 Å². The van der Waals surface area contributed by atoms with Gasteiger partial charge in [-0.3, -0.25) is 4.98 Å². The zero-order chi connectivity index (χ0) is 11.4. The number of nitrogens with two attached hydrogens (primary N) is 1. The van der Waals surface area contributed by atoms with Crippen LogP contribution in [0.5, 0.6) is 0 Å². The summed E-state index contributed by atoms with van der Waals surface area (Å²) in [7, 11) is 0. The molecule has 2 heteroatoms. The Balaban J connectivity index is 2.09. The van der Waals surface area contributed by atoms with Gasteiger partial charge in [0, 0.05) is 6.20 Å². The van der Waals surface area contributed by atoms with Crippen LogP contribution in [0.4, 0.5) is 5.69 Å². The van der Waals surface area contributed by atoms with Crippen LogP contribution >= 0.6 is 0 Å². The van der Waals surface area contributed by atoms with Crippen LogP contribution in [0.3, 0.4) is 0 Å². The van der Waals surface area contributed by atoms with Crippen molar-refractivity contribution in [3.63, 3.8) is 0 Å². The van der Waals surface area contributed by atoms with Crippen LogP contribution < -0.4 is 5.73 Å². The van der Waals surface area contributed by atoms with E-state index in [1.54, 1.807) is 6.20 Å². The van der Waals surface area contributed by atoms with E-state index in [1.165, 1.54) is 11.1 Å². The second-order valence-corrected chi connectivity index (χ2v) is 3.97. The van der Waals surface area contributed by atoms with Crippen molar-refractivity contribution >= 4 is 5.69 Å². The number of aromatic nitrogens is 1. The highest BCUT2D eigenvalue weighted by Gasteiger charge is 2.02. The fourth-order valence-electron chi connectivity index (χ4n) is 1.80. The fourth-order valence-corrected chi connectivity index (χ4v) is 1.80. The lowest BCUT2D eigenvalue weighted by atomic mass is 10.0. The Morgan fingerprint density at radius 2 is 1.88 bits per heavy atom. The quantitative estimate of drug-likeness (QED) is 0.849. The van der Waals surface area contributed by atoms with Crippen LogP contribution in [0.15, 0.2) is 42.6 Å². The minimum atomic E-state index is 0.788. The van der Waals surface area contributed by atoms with E-state index in [9.17, 15) is 0 Å². The van der Waals surface area contributed by atoms with E-state index in [4.69, 9.17) is 5.73 Å². The van der Waals surface area contributed by atoms with E-state index in [2.05, 4.69) is 36.2 Å². The first-order valence-corrected chi connectivity index (χ1v) is 5.51. The molecule has 0 aliphatic heterocycles. The Morgan fingerprint density at radius 3 is 2.62 bits per heavy atom. The maximum absolute atomic E-state index is 5.86. The van der Waals surface area contributed by atoms with Gasteiger partial charge in [0.05, 0.1) is 11.4 Å². The lowest BCUT2D eigenvalue weighted by Gasteiger charge is -2.06. The zero-order valence-electron chi connectivity index (χ0n) is 9.48. The largest absolute Gasteiger partial charge is 0.397 e. The highest BCUT2D eigenvalue weighted by molar-refractivity contribution is 5.42. The molecule has 0 atom stereocenters. The van der Waals surface area contributed by atoms with Crippen LogP contribution in [-0.2, 0) is 12.8 Å². The summed E-state index contributed by atoms with van der Waals surface area (Å²) in [5, 5.41) is 0. The first-order valence-electron chi connectivity index (χ1n) is 5.51. The molecule has 2 N–H and O–H groups in total. The molecule has 0 fully saturated rings. The Hall–Kier alpha value is -1.83. The number of pyridine rings is 1. The van der Waals surface area contributed by atoms with E-state index < -0.39 is 0 Å². The van der Waals surface area contributed by atoms with Gasteiger partial charge < -0.3 is 5.73 Å². The lowest BCUT2D eigenvalue weighted by molar-refractivity contribution is 0.910. The number of hydrogen-bond donors (Lipinski definition) is 1. The first-order chi connectivity index (χ1) is 7.77. The zero-order valence-corrected chi connectivity index (χ0v) is 9.48. The van der Waals surface area contributed by atoms with Crippen molar-refractivity contribution in [2.45, 2.75) is 19.8 Å². The van der Waals surface area contributed by atoms with Gasteiger partial charge >= 0.3 is 0 Å². The highest BCUT2D eigenvalue weighted by Crippen LogP contribution is 2.13. The summed E-state index contributed by atoms with van der Waals surface area (Å²) in [5.41, 5.74) is 10.3. The number of benzene rings is 1. The summed E-state index contributed by atoms with van der Waals surface area (Å²) in [6.45, 7) is 2.14. The molecule has 16 heavy (non-hydrogen) atoms. The van der Waals surface area contributed by atoms with Crippen molar-refractivity contribution in [2.24, 2.45) is 0 Å². The Labute approximate surface area is 96.1 Å². The van der Waals surface area contributed by atoms with Gasteiger partial charge in [-0.1, -0.05) is 24.3 Å². The standard InChI is InChI=1S/C14H16N2/c1-11-5-2-3-6-12(11)8-9-14-13(15)7-4-10-16-14/h2-7,10H,8-9,15H2,1H3. The first kappa shape index (κ1) is 10.7. The molecular weight excluding hydrogens is 196 g/mol. The van der Waals surface area contributed by atoms with Crippen LogP contribution in [0.2, 0.25) is 0 Å². The smallest absolute Gasteiger partial charge is 0.0635 e. The summed E-state index contributed by atoms with van der Waals surface area (Å²) in [5.74, 6) is 0.